The highest BCUT2D eigenvalue weighted by Gasteiger charge is 2.25. The maximum absolute atomic E-state index is 13.2. The van der Waals surface area contributed by atoms with E-state index in [0.29, 0.717) is 18.6 Å². The second-order valence-electron chi connectivity index (χ2n) is 5.42. The van der Waals surface area contributed by atoms with Crippen molar-refractivity contribution in [2.24, 2.45) is 5.73 Å². The molecule has 0 unspecified atom stereocenters. The fraction of sp³-hybridized carbons (Fsp3) is 0.600. The molecule has 1 aromatic carbocycles. The number of nitrogens with two attached hydrogens (primary N) is 1. The second-order valence-corrected chi connectivity index (χ2v) is 5.42. The largest absolute Gasteiger partial charge is 0.326 e. The first-order chi connectivity index (χ1) is 8.61. The minimum absolute atomic E-state index is 0.195. The SMILES string of the molecule is C[C@@H]1CCC[C@H](C)N1Cc1ccc(F)cc1CN. The van der Waals surface area contributed by atoms with Gasteiger partial charge in [-0.1, -0.05) is 12.5 Å². The zero-order valence-electron chi connectivity index (χ0n) is 11.3. The average Bonchev–Trinajstić information content (AvgIpc) is 2.35. The number of benzene rings is 1. The summed E-state index contributed by atoms with van der Waals surface area (Å²) in [7, 11) is 0. The molecule has 1 aliphatic heterocycles. The van der Waals surface area contributed by atoms with Gasteiger partial charge in [-0.15, -0.1) is 0 Å². The van der Waals surface area contributed by atoms with Crippen molar-refractivity contribution in [1.82, 2.24) is 4.90 Å². The maximum atomic E-state index is 13.2. The molecule has 0 bridgehead atoms. The van der Waals surface area contributed by atoms with Crippen molar-refractivity contribution in [2.75, 3.05) is 0 Å². The number of hydrogen-bond acceptors (Lipinski definition) is 2. The average molecular weight is 250 g/mol. The summed E-state index contributed by atoms with van der Waals surface area (Å²) in [4.78, 5) is 2.51. The van der Waals surface area contributed by atoms with E-state index < -0.39 is 0 Å². The van der Waals surface area contributed by atoms with E-state index in [2.05, 4.69) is 18.7 Å². The number of nitrogens with zero attached hydrogens (tertiary/aromatic N) is 1. The van der Waals surface area contributed by atoms with Gasteiger partial charge in [0.05, 0.1) is 0 Å². The van der Waals surface area contributed by atoms with Gasteiger partial charge in [0.15, 0.2) is 0 Å². The summed E-state index contributed by atoms with van der Waals surface area (Å²) in [6.45, 7) is 5.85. The van der Waals surface area contributed by atoms with Gasteiger partial charge in [0.2, 0.25) is 0 Å². The van der Waals surface area contributed by atoms with Crippen LogP contribution >= 0.6 is 0 Å². The first kappa shape index (κ1) is 13.5. The van der Waals surface area contributed by atoms with Gasteiger partial charge in [0.25, 0.3) is 0 Å². The predicted octanol–water partition coefficient (Wildman–Crippen LogP) is 3.05. The summed E-state index contributed by atoms with van der Waals surface area (Å²) >= 11 is 0. The van der Waals surface area contributed by atoms with Gasteiger partial charge in [0, 0.05) is 25.2 Å². The molecule has 0 aromatic heterocycles. The topological polar surface area (TPSA) is 29.3 Å². The second kappa shape index (κ2) is 5.81. The van der Waals surface area contributed by atoms with Gasteiger partial charge in [-0.3, -0.25) is 4.90 Å². The van der Waals surface area contributed by atoms with E-state index in [4.69, 9.17) is 5.73 Å². The smallest absolute Gasteiger partial charge is 0.123 e. The minimum Gasteiger partial charge on any atom is -0.326 e. The molecule has 100 valence electrons. The summed E-state index contributed by atoms with van der Waals surface area (Å²) in [5.74, 6) is -0.195. The van der Waals surface area contributed by atoms with Crippen LogP contribution < -0.4 is 5.73 Å². The van der Waals surface area contributed by atoms with Crippen LogP contribution in [0.25, 0.3) is 0 Å². The third kappa shape index (κ3) is 2.90. The van der Waals surface area contributed by atoms with Crippen molar-refractivity contribution in [2.45, 2.75) is 58.3 Å². The molecule has 0 radical (unpaired) electrons. The fourth-order valence-electron chi connectivity index (χ4n) is 2.92. The lowest BCUT2D eigenvalue weighted by Crippen LogP contribution is -2.43. The van der Waals surface area contributed by atoms with E-state index in [0.717, 1.165) is 12.1 Å². The maximum Gasteiger partial charge on any atom is 0.123 e. The Labute approximate surface area is 109 Å². The van der Waals surface area contributed by atoms with E-state index in [-0.39, 0.29) is 5.82 Å². The summed E-state index contributed by atoms with van der Waals surface area (Å²) in [6, 6.07) is 6.18. The Hall–Kier alpha value is -0.930. The van der Waals surface area contributed by atoms with Crippen molar-refractivity contribution in [1.29, 1.82) is 0 Å². The van der Waals surface area contributed by atoms with Crippen LogP contribution in [0.2, 0.25) is 0 Å². The molecule has 0 spiro atoms. The third-order valence-electron chi connectivity index (χ3n) is 4.12. The van der Waals surface area contributed by atoms with Gasteiger partial charge < -0.3 is 5.73 Å². The molecule has 3 heteroatoms. The number of halogens is 1. The summed E-state index contributed by atoms with van der Waals surface area (Å²) in [6.07, 6.45) is 3.82. The van der Waals surface area contributed by atoms with Crippen molar-refractivity contribution >= 4 is 0 Å². The predicted molar refractivity (Wildman–Crippen MR) is 72.6 cm³/mol. The van der Waals surface area contributed by atoms with E-state index >= 15 is 0 Å². The normalized spacial score (nSPS) is 25.3. The molecule has 1 heterocycles. The highest BCUT2D eigenvalue weighted by molar-refractivity contribution is 5.28. The number of piperidine rings is 1. The number of rotatable bonds is 3. The zero-order valence-corrected chi connectivity index (χ0v) is 11.3. The lowest BCUT2D eigenvalue weighted by Gasteiger charge is -2.39. The van der Waals surface area contributed by atoms with Crippen LogP contribution in [0.15, 0.2) is 18.2 Å². The number of hydrogen-bond donors (Lipinski definition) is 1. The zero-order chi connectivity index (χ0) is 13.1. The molecule has 18 heavy (non-hydrogen) atoms. The molecule has 1 aliphatic rings. The van der Waals surface area contributed by atoms with E-state index in [9.17, 15) is 4.39 Å². The van der Waals surface area contributed by atoms with E-state index in [1.807, 2.05) is 6.07 Å². The van der Waals surface area contributed by atoms with Gasteiger partial charge in [-0.2, -0.15) is 0 Å². The Morgan fingerprint density at radius 3 is 2.50 bits per heavy atom. The van der Waals surface area contributed by atoms with Crippen LogP contribution in [-0.4, -0.2) is 17.0 Å². The van der Waals surface area contributed by atoms with Crippen molar-refractivity contribution in [3.8, 4) is 0 Å². The van der Waals surface area contributed by atoms with Gasteiger partial charge >= 0.3 is 0 Å². The summed E-state index contributed by atoms with van der Waals surface area (Å²) in [5.41, 5.74) is 7.81. The highest BCUT2D eigenvalue weighted by atomic mass is 19.1. The molecule has 0 aliphatic carbocycles. The van der Waals surface area contributed by atoms with Gasteiger partial charge in [-0.25, -0.2) is 4.39 Å². The van der Waals surface area contributed by atoms with Crippen LogP contribution in [-0.2, 0) is 13.1 Å². The molecule has 0 saturated carbocycles. The summed E-state index contributed by atoms with van der Waals surface area (Å²) < 4.78 is 13.2. The highest BCUT2D eigenvalue weighted by Crippen LogP contribution is 2.25. The molecule has 2 N–H and O–H groups in total. The standard InChI is InChI=1S/C15H23FN2/c1-11-4-3-5-12(2)18(11)10-13-6-7-15(16)8-14(13)9-17/h6-8,11-12H,3-5,9-10,17H2,1-2H3/t11-,12+. The molecular formula is C15H23FN2. The molecule has 1 aromatic rings. The Morgan fingerprint density at radius 1 is 1.22 bits per heavy atom. The van der Waals surface area contributed by atoms with Crippen molar-refractivity contribution in [3.63, 3.8) is 0 Å². The molecule has 0 amide bonds. The first-order valence-corrected chi connectivity index (χ1v) is 6.85. The van der Waals surface area contributed by atoms with E-state index in [1.165, 1.54) is 30.9 Å². The molecule has 1 fully saturated rings. The lowest BCUT2D eigenvalue weighted by molar-refractivity contribution is 0.0949. The minimum atomic E-state index is -0.195. The fourth-order valence-corrected chi connectivity index (χ4v) is 2.92. The monoisotopic (exact) mass is 250 g/mol. The quantitative estimate of drug-likeness (QED) is 0.893. The summed E-state index contributed by atoms with van der Waals surface area (Å²) in [5, 5.41) is 0. The Morgan fingerprint density at radius 2 is 1.89 bits per heavy atom. The third-order valence-corrected chi connectivity index (χ3v) is 4.12. The number of likely N-dealkylation sites (tertiary alicyclic amines) is 1. The van der Waals surface area contributed by atoms with Crippen molar-refractivity contribution in [3.05, 3.63) is 35.1 Å². The van der Waals surface area contributed by atoms with Crippen LogP contribution in [0, 0.1) is 5.82 Å². The molecule has 2 atom stereocenters. The van der Waals surface area contributed by atoms with Gasteiger partial charge in [0.1, 0.15) is 5.82 Å². The van der Waals surface area contributed by atoms with Crippen LogP contribution in [0.3, 0.4) is 0 Å². The van der Waals surface area contributed by atoms with Crippen LogP contribution in [0.1, 0.15) is 44.2 Å². The molecule has 2 nitrogen and oxygen atoms in total. The Balaban J connectivity index is 2.17. The first-order valence-electron chi connectivity index (χ1n) is 6.85. The molecule has 2 rings (SSSR count). The lowest BCUT2D eigenvalue weighted by atomic mass is 9.96. The Bertz CT molecular complexity index is 395. The Kier molecular flexibility index (Phi) is 4.36. The van der Waals surface area contributed by atoms with Crippen LogP contribution in [0.5, 0.6) is 0 Å². The van der Waals surface area contributed by atoms with Gasteiger partial charge in [-0.05, 0) is 49.9 Å². The molecular weight excluding hydrogens is 227 g/mol. The van der Waals surface area contributed by atoms with Crippen LogP contribution in [0.4, 0.5) is 4.39 Å². The van der Waals surface area contributed by atoms with E-state index in [1.54, 1.807) is 6.07 Å². The van der Waals surface area contributed by atoms with Crippen molar-refractivity contribution < 1.29 is 4.39 Å². The molecule has 1 saturated heterocycles.